The van der Waals surface area contributed by atoms with Crippen molar-refractivity contribution in [3.05, 3.63) is 12.5 Å². The van der Waals surface area contributed by atoms with E-state index in [-0.39, 0.29) is 0 Å². The zero-order valence-corrected chi connectivity index (χ0v) is 8.76. The predicted octanol–water partition coefficient (Wildman–Crippen LogP) is 1.30. The van der Waals surface area contributed by atoms with Crippen LogP contribution in [0, 0.1) is 11.8 Å². The lowest BCUT2D eigenvalue weighted by Crippen LogP contribution is -2.23. The Labute approximate surface area is 89.5 Å². The van der Waals surface area contributed by atoms with Gasteiger partial charge in [0.2, 0.25) is 0 Å². The van der Waals surface area contributed by atoms with Crippen LogP contribution < -0.4 is 10.6 Å². The van der Waals surface area contributed by atoms with E-state index in [1.165, 1.54) is 19.3 Å². The molecule has 2 N–H and O–H groups in total. The van der Waals surface area contributed by atoms with Gasteiger partial charge in [-0.05, 0) is 24.7 Å². The molecular formula is C11H16N4. The minimum Gasteiger partial charge on any atom is -0.394 e. The predicted molar refractivity (Wildman–Crippen MR) is 59.5 cm³/mol. The number of fused-ring (bicyclic) bond motifs is 1. The van der Waals surface area contributed by atoms with Crippen molar-refractivity contribution in [2.24, 2.45) is 11.8 Å². The SMILES string of the molecule is Nc1cncnc1N1CC2CCCC2C1. The molecule has 1 aromatic rings. The van der Waals surface area contributed by atoms with Gasteiger partial charge in [-0.2, -0.15) is 0 Å². The normalized spacial score (nSPS) is 29.5. The van der Waals surface area contributed by atoms with Crippen molar-refractivity contribution in [1.82, 2.24) is 9.97 Å². The Morgan fingerprint density at radius 1 is 1.27 bits per heavy atom. The zero-order chi connectivity index (χ0) is 10.3. The number of nitrogens with zero attached hydrogens (tertiary/aromatic N) is 3. The first-order chi connectivity index (χ1) is 7.34. The van der Waals surface area contributed by atoms with Crippen LogP contribution in [0.5, 0.6) is 0 Å². The van der Waals surface area contributed by atoms with Crippen LogP contribution in [-0.2, 0) is 0 Å². The fraction of sp³-hybridized carbons (Fsp3) is 0.636. The number of anilines is 2. The molecule has 80 valence electrons. The van der Waals surface area contributed by atoms with Crippen molar-refractivity contribution in [3.63, 3.8) is 0 Å². The van der Waals surface area contributed by atoms with Gasteiger partial charge < -0.3 is 10.6 Å². The number of nitrogens with two attached hydrogens (primary N) is 1. The van der Waals surface area contributed by atoms with E-state index in [0.29, 0.717) is 5.69 Å². The molecule has 0 spiro atoms. The van der Waals surface area contributed by atoms with E-state index >= 15 is 0 Å². The molecule has 1 saturated heterocycles. The molecule has 1 aromatic heterocycles. The van der Waals surface area contributed by atoms with Crippen molar-refractivity contribution in [3.8, 4) is 0 Å². The summed E-state index contributed by atoms with van der Waals surface area (Å²) in [5, 5.41) is 0. The van der Waals surface area contributed by atoms with Crippen LogP contribution in [0.25, 0.3) is 0 Å². The second kappa shape index (κ2) is 3.36. The summed E-state index contributed by atoms with van der Waals surface area (Å²) in [6, 6.07) is 0. The lowest BCUT2D eigenvalue weighted by atomic mass is 10.0. The van der Waals surface area contributed by atoms with E-state index in [1.54, 1.807) is 12.5 Å². The van der Waals surface area contributed by atoms with Gasteiger partial charge in [0.25, 0.3) is 0 Å². The maximum Gasteiger partial charge on any atom is 0.155 e. The van der Waals surface area contributed by atoms with Crippen molar-refractivity contribution >= 4 is 11.5 Å². The van der Waals surface area contributed by atoms with E-state index in [2.05, 4.69) is 14.9 Å². The van der Waals surface area contributed by atoms with Crippen molar-refractivity contribution in [2.75, 3.05) is 23.7 Å². The number of hydrogen-bond acceptors (Lipinski definition) is 4. The van der Waals surface area contributed by atoms with Crippen LogP contribution in [0.4, 0.5) is 11.5 Å². The van der Waals surface area contributed by atoms with E-state index in [4.69, 9.17) is 5.73 Å². The Bertz CT molecular complexity index is 353. The van der Waals surface area contributed by atoms with E-state index in [9.17, 15) is 0 Å². The highest BCUT2D eigenvalue weighted by Gasteiger charge is 2.36. The molecule has 4 nitrogen and oxygen atoms in total. The van der Waals surface area contributed by atoms with E-state index in [0.717, 1.165) is 30.7 Å². The van der Waals surface area contributed by atoms with Gasteiger partial charge in [-0.25, -0.2) is 9.97 Å². The maximum atomic E-state index is 5.88. The molecular weight excluding hydrogens is 188 g/mol. The van der Waals surface area contributed by atoms with Gasteiger partial charge in [0.1, 0.15) is 6.33 Å². The van der Waals surface area contributed by atoms with Crippen molar-refractivity contribution in [2.45, 2.75) is 19.3 Å². The fourth-order valence-electron chi connectivity index (χ4n) is 3.01. The Balaban J connectivity index is 1.82. The van der Waals surface area contributed by atoms with Gasteiger partial charge >= 0.3 is 0 Å². The highest BCUT2D eigenvalue weighted by atomic mass is 15.2. The Hall–Kier alpha value is -1.32. The molecule has 4 heteroatoms. The summed E-state index contributed by atoms with van der Waals surface area (Å²) < 4.78 is 0. The van der Waals surface area contributed by atoms with Crippen LogP contribution in [0.15, 0.2) is 12.5 Å². The molecule has 2 unspecified atom stereocenters. The topological polar surface area (TPSA) is 55.0 Å². The smallest absolute Gasteiger partial charge is 0.155 e. The molecule has 2 atom stereocenters. The molecule has 0 radical (unpaired) electrons. The average Bonchev–Trinajstić information content (AvgIpc) is 2.77. The summed E-state index contributed by atoms with van der Waals surface area (Å²) in [6.07, 6.45) is 7.44. The largest absolute Gasteiger partial charge is 0.394 e. The number of nitrogen functional groups attached to an aromatic ring is 1. The van der Waals surface area contributed by atoms with Crippen molar-refractivity contribution < 1.29 is 0 Å². The fourth-order valence-corrected chi connectivity index (χ4v) is 3.01. The standard InChI is InChI=1S/C11H16N4/c12-10-4-13-7-14-11(10)15-5-8-2-1-3-9(8)6-15/h4,7-9H,1-3,5-6,12H2. The van der Waals surface area contributed by atoms with Crippen LogP contribution >= 0.6 is 0 Å². The third-order valence-electron chi connectivity index (χ3n) is 3.74. The zero-order valence-electron chi connectivity index (χ0n) is 8.76. The molecule has 0 aromatic carbocycles. The second-order valence-corrected chi connectivity index (χ2v) is 4.66. The number of rotatable bonds is 1. The highest BCUT2D eigenvalue weighted by molar-refractivity contribution is 5.61. The summed E-state index contributed by atoms with van der Waals surface area (Å²) in [5.41, 5.74) is 6.59. The summed E-state index contributed by atoms with van der Waals surface area (Å²) >= 11 is 0. The highest BCUT2D eigenvalue weighted by Crippen LogP contribution is 2.39. The van der Waals surface area contributed by atoms with Crippen molar-refractivity contribution in [1.29, 1.82) is 0 Å². The van der Waals surface area contributed by atoms with E-state index < -0.39 is 0 Å². The second-order valence-electron chi connectivity index (χ2n) is 4.66. The Morgan fingerprint density at radius 3 is 2.67 bits per heavy atom. The number of aromatic nitrogens is 2. The molecule has 0 bridgehead atoms. The van der Waals surface area contributed by atoms with Gasteiger partial charge in [-0.1, -0.05) is 6.42 Å². The van der Waals surface area contributed by atoms with Crippen LogP contribution in [0.1, 0.15) is 19.3 Å². The Morgan fingerprint density at radius 2 is 2.00 bits per heavy atom. The molecule has 1 saturated carbocycles. The molecule has 2 heterocycles. The molecule has 1 aliphatic heterocycles. The minimum atomic E-state index is 0.706. The average molecular weight is 204 g/mol. The molecule has 2 aliphatic rings. The first-order valence-corrected chi connectivity index (χ1v) is 5.65. The quantitative estimate of drug-likeness (QED) is 0.749. The van der Waals surface area contributed by atoms with Crippen LogP contribution in [-0.4, -0.2) is 23.1 Å². The maximum absolute atomic E-state index is 5.88. The van der Waals surface area contributed by atoms with Gasteiger partial charge in [-0.15, -0.1) is 0 Å². The molecule has 0 amide bonds. The van der Waals surface area contributed by atoms with Crippen LogP contribution in [0.2, 0.25) is 0 Å². The lowest BCUT2D eigenvalue weighted by Gasteiger charge is -2.19. The van der Waals surface area contributed by atoms with Gasteiger partial charge in [0, 0.05) is 13.1 Å². The lowest BCUT2D eigenvalue weighted by molar-refractivity contribution is 0.494. The van der Waals surface area contributed by atoms with Gasteiger partial charge in [0.15, 0.2) is 5.82 Å². The van der Waals surface area contributed by atoms with E-state index in [1.807, 2.05) is 0 Å². The monoisotopic (exact) mass is 204 g/mol. The summed E-state index contributed by atoms with van der Waals surface area (Å²) in [7, 11) is 0. The number of hydrogen-bond donors (Lipinski definition) is 1. The van der Waals surface area contributed by atoms with Crippen LogP contribution in [0.3, 0.4) is 0 Å². The third kappa shape index (κ3) is 1.44. The first kappa shape index (κ1) is 8.95. The molecule has 15 heavy (non-hydrogen) atoms. The van der Waals surface area contributed by atoms with Gasteiger partial charge in [0.05, 0.1) is 11.9 Å². The Kier molecular flexibility index (Phi) is 2.01. The van der Waals surface area contributed by atoms with Gasteiger partial charge in [-0.3, -0.25) is 0 Å². The third-order valence-corrected chi connectivity index (χ3v) is 3.74. The molecule has 3 rings (SSSR count). The summed E-state index contributed by atoms with van der Waals surface area (Å²) in [5.74, 6) is 2.68. The minimum absolute atomic E-state index is 0.706. The molecule has 2 fully saturated rings. The molecule has 1 aliphatic carbocycles. The summed E-state index contributed by atoms with van der Waals surface area (Å²) in [6.45, 7) is 2.26. The summed E-state index contributed by atoms with van der Waals surface area (Å²) in [4.78, 5) is 10.5. The first-order valence-electron chi connectivity index (χ1n) is 5.65.